The first-order valence-electron chi connectivity index (χ1n) is 6.33. The zero-order valence-electron chi connectivity index (χ0n) is 11.2. The van der Waals surface area contributed by atoms with E-state index in [1.165, 1.54) is 27.8 Å². The van der Waals surface area contributed by atoms with Crippen molar-refractivity contribution in [1.29, 1.82) is 0 Å². The van der Waals surface area contributed by atoms with Crippen LogP contribution in [0.2, 0.25) is 0 Å². The van der Waals surface area contributed by atoms with Crippen molar-refractivity contribution in [3.63, 3.8) is 0 Å². The number of alkyl halides is 1. The Morgan fingerprint density at radius 1 is 0.944 bits per heavy atom. The fourth-order valence-electron chi connectivity index (χ4n) is 2.32. The predicted molar refractivity (Wildman–Crippen MR) is 79.4 cm³/mol. The van der Waals surface area contributed by atoms with Gasteiger partial charge in [-0.25, -0.2) is 0 Å². The lowest BCUT2D eigenvalue weighted by Crippen LogP contribution is -2.00. The SMILES string of the molecule is Cc1ccc(C(Cl)Cc2ccccc2C)c(C)c1. The van der Waals surface area contributed by atoms with Gasteiger partial charge in [0.25, 0.3) is 0 Å². The van der Waals surface area contributed by atoms with E-state index in [0.717, 1.165) is 6.42 Å². The maximum absolute atomic E-state index is 6.57. The molecule has 0 heterocycles. The maximum Gasteiger partial charge on any atom is 0.0628 e. The molecular weight excluding hydrogens is 240 g/mol. The zero-order chi connectivity index (χ0) is 13.1. The molecule has 18 heavy (non-hydrogen) atoms. The number of aryl methyl sites for hydroxylation is 3. The van der Waals surface area contributed by atoms with Crippen LogP contribution in [0, 0.1) is 20.8 Å². The van der Waals surface area contributed by atoms with Crippen molar-refractivity contribution < 1.29 is 0 Å². The Kier molecular flexibility index (Phi) is 4.08. The van der Waals surface area contributed by atoms with Gasteiger partial charge in [-0.05, 0) is 49.4 Å². The molecular formula is C17H19Cl. The van der Waals surface area contributed by atoms with Crippen LogP contribution in [-0.4, -0.2) is 0 Å². The highest BCUT2D eigenvalue weighted by Gasteiger charge is 2.12. The summed E-state index contributed by atoms with van der Waals surface area (Å²) in [6.07, 6.45) is 0.887. The number of benzene rings is 2. The van der Waals surface area contributed by atoms with Crippen molar-refractivity contribution in [3.05, 3.63) is 70.3 Å². The van der Waals surface area contributed by atoms with Crippen molar-refractivity contribution in [2.45, 2.75) is 32.6 Å². The fourth-order valence-corrected chi connectivity index (χ4v) is 2.73. The Hall–Kier alpha value is -1.27. The molecule has 0 bridgehead atoms. The maximum atomic E-state index is 6.57. The molecule has 1 atom stereocenters. The van der Waals surface area contributed by atoms with Gasteiger partial charge in [-0.3, -0.25) is 0 Å². The Morgan fingerprint density at radius 3 is 2.33 bits per heavy atom. The summed E-state index contributed by atoms with van der Waals surface area (Å²) in [4.78, 5) is 0. The Balaban J connectivity index is 2.22. The minimum atomic E-state index is 0.0479. The van der Waals surface area contributed by atoms with Crippen LogP contribution in [-0.2, 0) is 6.42 Å². The molecule has 0 spiro atoms. The highest BCUT2D eigenvalue weighted by atomic mass is 35.5. The summed E-state index contributed by atoms with van der Waals surface area (Å²) in [6, 6.07) is 14.9. The van der Waals surface area contributed by atoms with E-state index in [9.17, 15) is 0 Å². The molecule has 0 aliphatic carbocycles. The van der Waals surface area contributed by atoms with Crippen molar-refractivity contribution >= 4 is 11.6 Å². The minimum Gasteiger partial charge on any atom is -0.117 e. The first-order chi connectivity index (χ1) is 8.58. The minimum absolute atomic E-state index is 0.0479. The highest BCUT2D eigenvalue weighted by Crippen LogP contribution is 2.29. The largest absolute Gasteiger partial charge is 0.117 e. The average molecular weight is 259 g/mol. The van der Waals surface area contributed by atoms with Crippen LogP contribution in [0.4, 0.5) is 0 Å². The van der Waals surface area contributed by atoms with Gasteiger partial charge >= 0.3 is 0 Å². The third-order valence-corrected chi connectivity index (χ3v) is 3.81. The van der Waals surface area contributed by atoms with Gasteiger partial charge in [0.05, 0.1) is 5.38 Å². The van der Waals surface area contributed by atoms with Gasteiger partial charge in [-0.1, -0.05) is 48.0 Å². The van der Waals surface area contributed by atoms with Crippen LogP contribution in [0.15, 0.2) is 42.5 Å². The summed E-state index contributed by atoms with van der Waals surface area (Å²) in [5.74, 6) is 0. The summed E-state index contributed by atoms with van der Waals surface area (Å²) < 4.78 is 0. The normalized spacial score (nSPS) is 12.4. The Labute approximate surface area is 115 Å². The van der Waals surface area contributed by atoms with E-state index in [4.69, 9.17) is 11.6 Å². The van der Waals surface area contributed by atoms with E-state index >= 15 is 0 Å². The van der Waals surface area contributed by atoms with E-state index in [2.05, 4.69) is 63.2 Å². The molecule has 0 amide bonds. The van der Waals surface area contributed by atoms with E-state index in [-0.39, 0.29) is 5.38 Å². The first-order valence-corrected chi connectivity index (χ1v) is 6.77. The number of hydrogen-bond donors (Lipinski definition) is 0. The molecule has 0 saturated heterocycles. The molecule has 0 radical (unpaired) electrons. The van der Waals surface area contributed by atoms with E-state index in [1.807, 2.05) is 0 Å². The van der Waals surface area contributed by atoms with Crippen molar-refractivity contribution in [2.75, 3.05) is 0 Å². The lowest BCUT2D eigenvalue weighted by molar-refractivity contribution is 0.901. The van der Waals surface area contributed by atoms with Gasteiger partial charge in [-0.15, -0.1) is 11.6 Å². The molecule has 0 fully saturated rings. The summed E-state index contributed by atoms with van der Waals surface area (Å²) in [7, 11) is 0. The quantitative estimate of drug-likeness (QED) is 0.669. The van der Waals surface area contributed by atoms with Crippen LogP contribution in [0.5, 0.6) is 0 Å². The van der Waals surface area contributed by atoms with Gasteiger partial charge in [-0.2, -0.15) is 0 Å². The van der Waals surface area contributed by atoms with E-state index in [0.29, 0.717) is 0 Å². The third kappa shape index (κ3) is 2.94. The van der Waals surface area contributed by atoms with Gasteiger partial charge in [0, 0.05) is 0 Å². The van der Waals surface area contributed by atoms with Crippen LogP contribution in [0.3, 0.4) is 0 Å². The highest BCUT2D eigenvalue weighted by molar-refractivity contribution is 6.21. The fraction of sp³-hybridized carbons (Fsp3) is 0.294. The summed E-state index contributed by atoms with van der Waals surface area (Å²) in [5, 5.41) is 0.0479. The molecule has 1 heteroatoms. The Bertz CT molecular complexity index is 543. The number of halogens is 1. The van der Waals surface area contributed by atoms with E-state index < -0.39 is 0 Å². The molecule has 0 aromatic heterocycles. The van der Waals surface area contributed by atoms with Crippen molar-refractivity contribution in [1.82, 2.24) is 0 Å². The second-order valence-corrected chi connectivity index (χ2v) is 5.49. The van der Waals surface area contributed by atoms with Crippen LogP contribution in [0.1, 0.15) is 33.2 Å². The van der Waals surface area contributed by atoms with Crippen molar-refractivity contribution in [3.8, 4) is 0 Å². The van der Waals surface area contributed by atoms with Crippen LogP contribution < -0.4 is 0 Å². The Morgan fingerprint density at radius 2 is 1.67 bits per heavy atom. The van der Waals surface area contributed by atoms with Gasteiger partial charge in [0.1, 0.15) is 0 Å². The number of rotatable bonds is 3. The van der Waals surface area contributed by atoms with Gasteiger partial charge in [0.2, 0.25) is 0 Å². The van der Waals surface area contributed by atoms with Gasteiger partial charge in [0.15, 0.2) is 0 Å². The lowest BCUT2D eigenvalue weighted by atomic mass is 9.96. The zero-order valence-corrected chi connectivity index (χ0v) is 12.0. The standard InChI is InChI=1S/C17H19Cl/c1-12-8-9-16(14(3)10-12)17(18)11-15-7-5-4-6-13(15)2/h4-10,17H,11H2,1-3H3. The second kappa shape index (κ2) is 5.58. The lowest BCUT2D eigenvalue weighted by Gasteiger charge is -2.15. The molecule has 2 aromatic carbocycles. The molecule has 2 aromatic rings. The molecule has 0 aliphatic heterocycles. The molecule has 0 saturated carbocycles. The molecule has 0 aliphatic rings. The monoisotopic (exact) mass is 258 g/mol. The molecule has 2 rings (SSSR count). The first kappa shape index (κ1) is 13.2. The summed E-state index contributed by atoms with van der Waals surface area (Å²) in [5.41, 5.74) is 6.45. The molecule has 1 unspecified atom stereocenters. The smallest absolute Gasteiger partial charge is 0.0628 e. The summed E-state index contributed by atoms with van der Waals surface area (Å²) >= 11 is 6.57. The topological polar surface area (TPSA) is 0 Å². The number of hydrogen-bond acceptors (Lipinski definition) is 0. The molecule has 94 valence electrons. The predicted octanol–water partition coefficient (Wildman–Crippen LogP) is 5.13. The second-order valence-electron chi connectivity index (χ2n) is 4.96. The van der Waals surface area contributed by atoms with Crippen molar-refractivity contribution in [2.24, 2.45) is 0 Å². The molecule has 0 nitrogen and oxygen atoms in total. The molecule has 0 N–H and O–H groups in total. The van der Waals surface area contributed by atoms with Gasteiger partial charge < -0.3 is 0 Å². The van der Waals surface area contributed by atoms with E-state index in [1.54, 1.807) is 0 Å². The van der Waals surface area contributed by atoms with Crippen LogP contribution in [0.25, 0.3) is 0 Å². The van der Waals surface area contributed by atoms with Crippen LogP contribution >= 0.6 is 11.6 Å². The summed E-state index contributed by atoms with van der Waals surface area (Å²) in [6.45, 7) is 6.39. The average Bonchev–Trinajstić information content (AvgIpc) is 2.32. The third-order valence-electron chi connectivity index (χ3n) is 3.42.